The van der Waals surface area contributed by atoms with Crippen molar-refractivity contribution in [1.82, 2.24) is 5.01 Å². The molecule has 0 fully saturated rings. The molecule has 0 saturated carbocycles. The van der Waals surface area contributed by atoms with E-state index in [4.69, 9.17) is 19.6 Å². The number of rotatable bonds is 11. The molecular formula is C25H25N5O6S. The fraction of sp³-hybridized carbons (Fsp3) is 0.280. The fourth-order valence-corrected chi connectivity index (χ4v) is 4.42. The highest BCUT2D eigenvalue weighted by atomic mass is 32.2. The Labute approximate surface area is 217 Å². The van der Waals surface area contributed by atoms with Crippen LogP contribution in [0.25, 0.3) is 6.08 Å². The number of hydrogen-bond acceptors (Lipinski definition) is 9. The summed E-state index contributed by atoms with van der Waals surface area (Å²) in [5.41, 5.74) is 0.765. The van der Waals surface area contributed by atoms with Crippen molar-refractivity contribution in [2.45, 2.75) is 26.2 Å². The third-order valence-electron chi connectivity index (χ3n) is 5.40. The number of hydrazone groups is 1. The first-order valence-electron chi connectivity index (χ1n) is 11.6. The summed E-state index contributed by atoms with van der Waals surface area (Å²) in [4.78, 5) is 27.0. The molecule has 2 aliphatic heterocycles. The number of methoxy groups -OCH3 is 1. The lowest BCUT2D eigenvalue weighted by Gasteiger charge is -2.20. The number of fused-ring (bicyclic) bond motifs is 1. The van der Waals surface area contributed by atoms with E-state index < -0.39 is 10.8 Å². The average molecular weight is 524 g/mol. The summed E-state index contributed by atoms with van der Waals surface area (Å²) in [5, 5.41) is 26.4. The van der Waals surface area contributed by atoms with E-state index in [1.807, 2.05) is 0 Å². The maximum Gasteiger partial charge on any atom is 0.283 e. The molecule has 0 radical (unpaired) electrons. The number of aliphatic imine (C=N–C) groups is 1. The van der Waals surface area contributed by atoms with Gasteiger partial charge >= 0.3 is 0 Å². The Balaban J connectivity index is 1.39. The molecule has 0 aliphatic carbocycles. The summed E-state index contributed by atoms with van der Waals surface area (Å²) >= 11 is 1.33. The van der Waals surface area contributed by atoms with E-state index in [-0.39, 0.29) is 30.3 Å². The molecule has 1 N–H and O–H groups in total. The maximum atomic E-state index is 12.6. The van der Waals surface area contributed by atoms with E-state index in [9.17, 15) is 14.9 Å². The Bertz CT molecular complexity index is 1310. The van der Waals surface area contributed by atoms with Crippen molar-refractivity contribution in [2.75, 3.05) is 20.3 Å². The zero-order valence-electron chi connectivity index (χ0n) is 20.3. The Kier molecular flexibility index (Phi) is 8.18. The number of unbranched alkanes of at least 4 members (excludes halogenated alkanes) is 1. The molecule has 0 atom stereocenters. The van der Waals surface area contributed by atoms with Crippen molar-refractivity contribution in [3.05, 3.63) is 63.7 Å². The summed E-state index contributed by atoms with van der Waals surface area (Å²) in [6.07, 6.45) is 4.38. The molecule has 2 aromatic rings. The van der Waals surface area contributed by atoms with Crippen molar-refractivity contribution in [3.8, 4) is 17.2 Å². The van der Waals surface area contributed by atoms with Crippen LogP contribution in [0.4, 0.5) is 5.69 Å². The molecular weight excluding hydrogens is 498 g/mol. The summed E-state index contributed by atoms with van der Waals surface area (Å²) in [6.45, 7) is 2.52. The van der Waals surface area contributed by atoms with E-state index in [0.717, 1.165) is 24.3 Å². The predicted octanol–water partition coefficient (Wildman–Crippen LogP) is 4.87. The normalized spacial score (nSPS) is 15.8. The quantitative estimate of drug-likeness (QED) is 0.190. The Hall–Kier alpha value is -4.19. The molecule has 1 amide bonds. The van der Waals surface area contributed by atoms with Crippen molar-refractivity contribution in [1.29, 1.82) is 5.41 Å². The number of nitro groups is 1. The fourth-order valence-electron chi connectivity index (χ4n) is 3.50. The van der Waals surface area contributed by atoms with Gasteiger partial charge in [0.2, 0.25) is 5.17 Å². The van der Waals surface area contributed by atoms with Gasteiger partial charge in [0.1, 0.15) is 24.0 Å². The van der Waals surface area contributed by atoms with Crippen molar-refractivity contribution >= 4 is 45.5 Å². The Morgan fingerprint density at radius 2 is 1.89 bits per heavy atom. The molecule has 192 valence electrons. The molecule has 0 aromatic heterocycles. The van der Waals surface area contributed by atoms with Gasteiger partial charge in [0.25, 0.3) is 11.6 Å². The van der Waals surface area contributed by atoms with E-state index in [2.05, 4.69) is 17.0 Å². The van der Waals surface area contributed by atoms with Crippen LogP contribution in [0.1, 0.15) is 31.7 Å². The number of nitrogens with zero attached hydrogens (tertiary/aromatic N) is 4. The van der Waals surface area contributed by atoms with Crippen molar-refractivity contribution < 1.29 is 23.9 Å². The zero-order valence-corrected chi connectivity index (χ0v) is 21.1. The lowest BCUT2D eigenvalue weighted by molar-refractivity contribution is -0.384. The molecule has 2 aliphatic rings. The minimum absolute atomic E-state index is 0.00975. The lowest BCUT2D eigenvalue weighted by Crippen LogP contribution is -2.35. The number of hydrogen-bond donors (Lipinski definition) is 1. The van der Waals surface area contributed by atoms with Crippen LogP contribution >= 0.6 is 11.8 Å². The van der Waals surface area contributed by atoms with Crippen LogP contribution in [0.2, 0.25) is 0 Å². The van der Waals surface area contributed by atoms with E-state index in [0.29, 0.717) is 28.0 Å². The molecule has 0 unspecified atom stereocenters. The van der Waals surface area contributed by atoms with Gasteiger partial charge in [0, 0.05) is 12.1 Å². The molecule has 2 heterocycles. The lowest BCUT2D eigenvalue weighted by atomic mass is 10.1. The Morgan fingerprint density at radius 1 is 1.14 bits per heavy atom. The first kappa shape index (κ1) is 25.9. The monoisotopic (exact) mass is 523 g/mol. The number of carbonyl (C=O) groups is 1. The molecule has 2 aromatic carbocycles. The van der Waals surface area contributed by atoms with Crippen LogP contribution in [-0.2, 0) is 4.79 Å². The number of benzene rings is 2. The molecule has 4 rings (SSSR count). The van der Waals surface area contributed by atoms with E-state index >= 15 is 0 Å². The predicted molar refractivity (Wildman–Crippen MR) is 142 cm³/mol. The van der Waals surface area contributed by atoms with Gasteiger partial charge in [-0.2, -0.15) is 15.1 Å². The standard InChI is InChI=1S/C25H25N5O6S/c1-3-4-5-22-28-29-23(26)19(24(31)27-25(29)37-22)14-16-6-11-20(21(15-16)34-2)36-13-12-35-18-9-7-17(8-10-18)30(32)33/h6-11,14-15,26H,3-5,12-13H2,1-2H3/b19-14-,26-23?. The minimum atomic E-state index is -0.488. The van der Waals surface area contributed by atoms with Crippen molar-refractivity contribution in [2.24, 2.45) is 10.1 Å². The summed E-state index contributed by atoms with van der Waals surface area (Å²) < 4.78 is 16.8. The molecule has 0 saturated heterocycles. The van der Waals surface area contributed by atoms with Crippen LogP contribution in [0, 0.1) is 15.5 Å². The highest BCUT2D eigenvalue weighted by Gasteiger charge is 2.35. The van der Waals surface area contributed by atoms with Crippen LogP contribution in [0.15, 0.2) is 58.1 Å². The number of amides is 1. The second-order valence-electron chi connectivity index (χ2n) is 7.98. The third-order valence-corrected chi connectivity index (χ3v) is 6.36. The first-order valence-corrected chi connectivity index (χ1v) is 12.4. The van der Waals surface area contributed by atoms with E-state index in [1.54, 1.807) is 24.3 Å². The van der Waals surface area contributed by atoms with Crippen LogP contribution < -0.4 is 14.2 Å². The maximum absolute atomic E-state index is 12.6. The topological polar surface area (TPSA) is 140 Å². The summed E-state index contributed by atoms with van der Waals surface area (Å²) in [6, 6.07) is 10.9. The number of non-ortho nitro benzene ring substituents is 1. The number of amidine groups is 2. The van der Waals surface area contributed by atoms with Crippen LogP contribution in [0.3, 0.4) is 0 Å². The number of carbonyl (C=O) groups excluding carboxylic acids is 1. The number of nitro benzene ring substituents is 1. The van der Waals surface area contributed by atoms with Gasteiger partial charge in [-0.3, -0.25) is 20.3 Å². The Morgan fingerprint density at radius 3 is 2.59 bits per heavy atom. The molecule has 37 heavy (non-hydrogen) atoms. The van der Waals surface area contributed by atoms with Gasteiger partial charge in [0.05, 0.1) is 17.6 Å². The molecule has 0 spiro atoms. The molecule has 11 nitrogen and oxygen atoms in total. The van der Waals surface area contributed by atoms with E-state index in [1.165, 1.54) is 48.1 Å². The number of ether oxygens (including phenoxy) is 3. The average Bonchev–Trinajstić information content (AvgIpc) is 3.31. The van der Waals surface area contributed by atoms with Crippen LogP contribution in [0.5, 0.6) is 17.2 Å². The minimum Gasteiger partial charge on any atom is -0.493 e. The highest BCUT2D eigenvalue weighted by Crippen LogP contribution is 2.32. The smallest absolute Gasteiger partial charge is 0.283 e. The molecule has 0 bridgehead atoms. The molecule has 12 heteroatoms. The number of thioether (sulfide) groups is 1. The highest BCUT2D eigenvalue weighted by molar-refractivity contribution is 8.26. The SMILES string of the molecule is CCCCC1=NN2C(=N)/C(=C/c3ccc(OCCOc4ccc([N+](=O)[O-])cc4)c(OC)c3)C(=O)N=C2S1. The van der Waals surface area contributed by atoms with Gasteiger partial charge in [-0.05, 0) is 60.5 Å². The van der Waals surface area contributed by atoms with Gasteiger partial charge in [0.15, 0.2) is 17.3 Å². The van der Waals surface area contributed by atoms with Gasteiger partial charge in [-0.15, -0.1) is 0 Å². The largest absolute Gasteiger partial charge is 0.493 e. The second-order valence-corrected chi connectivity index (χ2v) is 9.02. The van der Waals surface area contributed by atoms with Gasteiger partial charge in [-0.25, -0.2) is 0 Å². The summed E-state index contributed by atoms with van der Waals surface area (Å²) in [7, 11) is 1.50. The first-order chi connectivity index (χ1) is 17.9. The van der Waals surface area contributed by atoms with Gasteiger partial charge in [-0.1, -0.05) is 19.4 Å². The zero-order chi connectivity index (χ0) is 26.4. The number of nitrogens with one attached hydrogen (secondary N) is 1. The van der Waals surface area contributed by atoms with Crippen molar-refractivity contribution in [3.63, 3.8) is 0 Å². The van der Waals surface area contributed by atoms with Crippen LogP contribution in [-0.4, -0.2) is 52.2 Å². The second kappa shape index (κ2) is 11.7. The summed E-state index contributed by atoms with van der Waals surface area (Å²) in [5.74, 6) is 0.908. The third kappa shape index (κ3) is 6.15. The van der Waals surface area contributed by atoms with Gasteiger partial charge < -0.3 is 14.2 Å².